The molecule has 4 aromatic rings. The zero-order chi connectivity index (χ0) is 20.6. The predicted molar refractivity (Wildman–Crippen MR) is 129 cm³/mol. The van der Waals surface area contributed by atoms with Crippen LogP contribution < -0.4 is 5.01 Å². The molecule has 0 aromatic heterocycles. The molecule has 0 saturated carbocycles. The van der Waals surface area contributed by atoms with Gasteiger partial charge in [-0.2, -0.15) is 5.10 Å². The fourth-order valence-electron chi connectivity index (χ4n) is 3.28. The SMILES string of the molecule is CN(N=Cc1ccc(C=C(c2ccccc2)c2ccccc2)cc1)c1ccccc1. The summed E-state index contributed by atoms with van der Waals surface area (Å²) in [6.07, 6.45) is 4.12. The molecular weight excluding hydrogens is 364 g/mol. The number of para-hydroxylation sites is 1. The summed E-state index contributed by atoms with van der Waals surface area (Å²) >= 11 is 0. The molecule has 30 heavy (non-hydrogen) atoms. The van der Waals surface area contributed by atoms with Crippen LogP contribution in [0.4, 0.5) is 5.69 Å². The van der Waals surface area contributed by atoms with E-state index in [1.54, 1.807) is 0 Å². The summed E-state index contributed by atoms with van der Waals surface area (Å²) in [7, 11) is 1.95. The van der Waals surface area contributed by atoms with Crippen LogP contribution in [0.15, 0.2) is 120 Å². The van der Waals surface area contributed by atoms with Crippen molar-refractivity contribution >= 4 is 23.6 Å². The van der Waals surface area contributed by atoms with Gasteiger partial charge in [-0.1, -0.05) is 103 Å². The molecule has 0 aliphatic carbocycles. The molecule has 4 aromatic carbocycles. The highest BCUT2D eigenvalue weighted by Gasteiger charge is 2.05. The molecule has 0 amide bonds. The molecule has 0 unspecified atom stereocenters. The molecule has 2 nitrogen and oxygen atoms in total. The summed E-state index contributed by atoms with van der Waals surface area (Å²) in [4.78, 5) is 0. The maximum atomic E-state index is 4.54. The summed E-state index contributed by atoms with van der Waals surface area (Å²) in [5, 5.41) is 6.42. The van der Waals surface area contributed by atoms with Crippen molar-refractivity contribution < 1.29 is 0 Å². The fourth-order valence-corrected chi connectivity index (χ4v) is 3.28. The van der Waals surface area contributed by atoms with Crippen molar-refractivity contribution in [1.29, 1.82) is 0 Å². The Morgan fingerprint density at radius 3 is 1.60 bits per heavy atom. The Kier molecular flexibility index (Phi) is 6.16. The normalized spacial score (nSPS) is 10.7. The van der Waals surface area contributed by atoms with Gasteiger partial charge < -0.3 is 0 Å². The smallest absolute Gasteiger partial charge is 0.0590 e. The van der Waals surface area contributed by atoms with Gasteiger partial charge >= 0.3 is 0 Å². The molecule has 0 atom stereocenters. The Morgan fingerprint density at radius 2 is 1.07 bits per heavy atom. The van der Waals surface area contributed by atoms with Crippen molar-refractivity contribution in [3.63, 3.8) is 0 Å². The van der Waals surface area contributed by atoms with E-state index in [1.807, 2.05) is 60.7 Å². The summed E-state index contributed by atoms with van der Waals surface area (Å²) in [5.41, 5.74) is 6.91. The van der Waals surface area contributed by atoms with Crippen LogP contribution in [0.1, 0.15) is 22.3 Å². The molecule has 146 valence electrons. The van der Waals surface area contributed by atoms with Crippen molar-refractivity contribution in [3.8, 4) is 0 Å². The standard InChI is InChI=1S/C28H24N2/c1-30(27-15-9-4-10-16-27)29-22-24-19-17-23(18-20-24)21-28(25-11-5-2-6-12-25)26-13-7-3-8-14-26/h2-22H,1H3. The molecule has 0 saturated heterocycles. The third-order valence-electron chi connectivity index (χ3n) is 4.93. The molecule has 0 aliphatic heterocycles. The van der Waals surface area contributed by atoms with E-state index in [1.165, 1.54) is 16.7 Å². The van der Waals surface area contributed by atoms with Gasteiger partial charge in [0.05, 0.1) is 11.9 Å². The first-order chi connectivity index (χ1) is 14.8. The molecule has 0 spiro atoms. The molecule has 0 heterocycles. The highest BCUT2D eigenvalue weighted by molar-refractivity contribution is 5.91. The van der Waals surface area contributed by atoms with Crippen LogP contribution in [0.3, 0.4) is 0 Å². The lowest BCUT2D eigenvalue weighted by Crippen LogP contribution is -2.08. The summed E-state index contributed by atoms with van der Waals surface area (Å²) in [5.74, 6) is 0. The Labute approximate surface area is 178 Å². The van der Waals surface area contributed by atoms with Crippen LogP contribution in [-0.2, 0) is 0 Å². The van der Waals surface area contributed by atoms with Crippen LogP contribution in [0.25, 0.3) is 11.6 Å². The van der Waals surface area contributed by atoms with Gasteiger partial charge in [0.25, 0.3) is 0 Å². The van der Waals surface area contributed by atoms with Crippen LogP contribution >= 0.6 is 0 Å². The van der Waals surface area contributed by atoms with Crippen molar-refractivity contribution in [2.75, 3.05) is 12.1 Å². The number of hydrazone groups is 1. The van der Waals surface area contributed by atoms with Gasteiger partial charge in [0.15, 0.2) is 0 Å². The van der Waals surface area contributed by atoms with Crippen molar-refractivity contribution in [1.82, 2.24) is 0 Å². The lowest BCUT2D eigenvalue weighted by molar-refractivity contribution is 1.02. The van der Waals surface area contributed by atoms with Gasteiger partial charge in [-0.3, -0.25) is 5.01 Å². The first kappa shape index (κ1) is 19.4. The molecule has 0 bridgehead atoms. The monoisotopic (exact) mass is 388 g/mol. The molecule has 2 heteroatoms. The van der Waals surface area contributed by atoms with Gasteiger partial charge in [0.1, 0.15) is 0 Å². The molecule has 0 N–H and O–H groups in total. The largest absolute Gasteiger partial charge is 0.269 e. The maximum Gasteiger partial charge on any atom is 0.0590 e. The Hall–Kier alpha value is -3.91. The van der Waals surface area contributed by atoms with Crippen LogP contribution in [0, 0.1) is 0 Å². The average Bonchev–Trinajstić information content (AvgIpc) is 2.83. The van der Waals surface area contributed by atoms with E-state index in [0.29, 0.717) is 0 Å². The third-order valence-corrected chi connectivity index (χ3v) is 4.93. The van der Waals surface area contributed by atoms with Gasteiger partial charge in [-0.25, -0.2) is 0 Å². The number of benzene rings is 4. The van der Waals surface area contributed by atoms with E-state index in [4.69, 9.17) is 0 Å². The highest BCUT2D eigenvalue weighted by atomic mass is 15.4. The van der Waals surface area contributed by atoms with E-state index in [9.17, 15) is 0 Å². The minimum absolute atomic E-state index is 1.06. The fraction of sp³-hybridized carbons (Fsp3) is 0.0357. The average molecular weight is 389 g/mol. The van der Waals surface area contributed by atoms with Gasteiger partial charge in [-0.05, 0) is 46.0 Å². The topological polar surface area (TPSA) is 15.6 Å². The minimum atomic E-state index is 1.06. The Balaban J connectivity index is 1.57. The van der Waals surface area contributed by atoms with Crippen molar-refractivity contribution in [2.24, 2.45) is 5.10 Å². The zero-order valence-corrected chi connectivity index (χ0v) is 17.0. The van der Waals surface area contributed by atoms with Crippen molar-refractivity contribution in [2.45, 2.75) is 0 Å². The molecule has 0 aliphatic rings. The first-order valence-corrected chi connectivity index (χ1v) is 10.0. The zero-order valence-electron chi connectivity index (χ0n) is 17.0. The lowest BCUT2D eigenvalue weighted by Gasteiger charge is -2.12. The first-order valence-electron chi connectivity index (χ1n) is 10.0. The Morgan fingerprint density at radius 1 is 0.600 bits per heavy atom. The molecule has 0 fully saturated rings. The second-order valence-corrected chi connectivity index (χ2v) is 7.06. The quantitative estimate of drug-likeness (QED) is 0.203. The van der Waals surface area contributed by atoms with E-state index in [2.05, 4.69) is 84.0 Å². The van der Waals surface area contributed by atoms with E-state index in [-0.39, 0.29) is 0 Å². The summed E-state index contributed by atoms with van der Waals surface area (Å²) in [6.45, 7) is 0. The predicted octanol–water partition coefficient (Wildman–Crippen LogP) is 6.75. The number of anilines is 1. The van der Waals surface area contributed by atoms with Crippen LogP contribution in [-0.4, -0.2) is 13.3 Å². The number of hydrogen-bond donors (Lipinski definition) is 0. The second-order valence-electron chi connectivity index (χ2n) is 7.06. The number of nitrogens with zero attached hydrogens (tertiary/aromatic N) is 2. The minimum Gasteiger partial charge on any atom is -0.269 e. The third kappa shape index (κ3) is 4.92. The van der Waals surface area contributed by atoms with E-state index < -0.39 is 0 Å². The van der Waals surface area contributed by atoms with Crippen LogP contribution in [0.5, 0.6) is 0 Å². The Bertz CT molecular complexity index is 1070. The van der Waals surface area contributed by atoms with E-state index >= 15 is 0 Å². The second kappa shape index (κ2) is 9.53. The van der Waals surface area contributed by atoms with Gasteiger partial charge in [-0.15, -0.1) is 0 Å². The summed E-state index contributed by atoms with van der Waals surface area (Å²) in [6, 6.07) is 39.6. The van der Waals surface area contributed by atoms with Gasteiger partial charge in [0.2, 0.25) is 0 Å². The van der Waals surface area contributed by atoms with Crippen molar-refractivity contribution in [3.05, 3.63) is 138 Å². The highest BCUT2D eigenvalue weighted by Crippen LogP contribution is 2.26. The molecule has 4 rings (SSSR count). The summed E-state index contributed by atoms with van der Waals surface area (Å²) < 4.78 is 0. The number of rotatable bonds is 6. The number of hydrogen-bond acceptors (Lipinski definition) is 2. The molecular formula is C28H24N2. The van der Waals surface area contributed by atoms with Gasteiger partial charge in [0, 0.05) is 7.05 Å². The maximum absolute atomic E-state index is 4.54. The molecule has 0 radical (unpaired) electrons. The van der Waals surface area contributed by atoms with Crippen LogP contribution in [0.2, 0.25) is 0 Å². The van der Waals surface area contributed by atoms with E-state index in [0.717, 1.165) is 16.8 Å². The lowest BCUT2D eigenvalue weighted by atomic mass is 9.95.